The van der Waals surface area contributed by atoms with E-state index in [9.17, 15) is 0 Å². The number of nitrogens with two attached hydrogens (primary N) is 1. The van der Waals surface area contributed by atoms with Gasteiger partial charge in [-0.2, -0.15) is 5.10 Å². The predicted octanol–water partition coefficient (Wildman–Crippen LogP) is 2.00. The SMILES string of the molecule is NC(=S)N/N=C\C=C\c1c[nH]c2ccccc12. The maximum atomic E-state index is 5.22. The molecule has 2 rings (SSSR count). The molecule has 0 spiro atoms. The van der Waals surface area contributed by atoms with Crippen LogP contribution in [0.25, 0.3) is 17.0 Å². The molecule has 1 aromatic heterocycles. The molecule has 0 saturated heterocycles. The molecule has 1 heterocycles. The van der Waals surface area contributed by atoms with E-state index < -0.39 is 0 Å². The number of aromatic amines is 1. The minimum Gasteiger partial charge on any atom is -0.375 e. The molecular formula is C12H12N4S. The van der Waals surface area contributed by atoms with E-state index in [1.165, 1.54) is 5.39 Å². The molecule has 0 aliphatic rings. The molecule has 0 aliphatic heterocycles. The fourth-order valence-electron chi connectivity index (χ4n) is 1.52. The van der Waals surface area contributed by atoms with Crippen molar-refractivity contribution in [3.63, 3.8) is 0 Å². The molecule has 0 unspecified atom stereocenters. The number of nitrogens with zero attached hydrogens (tertiary/aromatic N) is 1. The highest BCUT2D eigenvalue weighted by molar-refractivity contribution is 7.80. The van der Waals surface area contributed by atoms with Gasteiger partial charge in [-0.05, 0) is 29.9 Å². The highest BCUT2D eigenvalue weighted by Gasteiger charge is 1.97. The van der Waals surface area contributed by atoms with Crippen LogP contribution in [-0.2, 0) is 0 Å². The van der Waals surface area contributed by atoms with E-state index >= 15 is 0 Å². The summed E-state index contributed by atoms with van der Waals surface area (Å²) in [6.45, 7) is 0. The second kappa shape index (κ2) is 5.27. The van der Waals surface area contributed by atoms with E-state index in [-0.39, 0.29) is 5.11 Å². The van der Waals surface area contributed by atoms with Gasteiger partial charge in [-0.3, -0.25) is 5.43 Å². The van der Waals surface area contributed by atoms with Crippen LogP contribution in [0, 0.1) is 0 Å². The minimum absolute atomic E-state index is 0.154. The first kappa shape index (κ1) is 11.3. The summed E-state index contributed by atoms with van der Waals surface area (Å²) in [6.07, 6.45) is 7.33. The van der Waals surface area contributed by atoms with Crippen molar-refractivity contribution >= 4 is 40.5 Å². The zero-order chi connectivity index (χ0) is 12.1. The second-order valence-electron chi connectivity index (χ2n) is 3.40. The van der Waals surface area contributed by atoms with Gasteiger partial charge in [-0.1, -0.05) is 24.3 Å². The van der Waals surface area contributed by atoms with Gasteiger partial charge >= 0.3 is 0 Å². The molecule has 17 heavy (non-hydrogen) atoms. The number of thiocarbonyl (C=S) groups is 1. The van der Waals surface area contributed by atoms with E-state index in [2.05, 4.69) is 33.8 Å². The number of hydrogen-bond donors (Lipinski definition) is 3. The molecule has 0 aliphatic carbocycles. The molecule has 0 amide bonds. The molecule has 1 aromatic carbocycles. The number of rotatable bonds is 3. The summed E-state index contributed by atoms with van der Waals surface area (Å²) in [7, 11) is 0. The van der Waals surface area contributed by atoms with Crippen LogP contribution in [0.4, 0.5) is 0 Å². The topological polar surface area (TPSA) is 66.2 Å². The zero-order valence-corrected chi connectivity index (χ0v) is 9.87. The maximum Gasteiger partial charge on any atom is 0.184 e. The summed E-state index contributed by atoms with van der Waals surface area (Å²) in [6, 6.07) is 8.11. The summed E-state index contributed by atoms with van der Waals surface area (Å²) < 4.78 is 0. The monoisotopic (exact) mass is 244 g/mol. The van der Waals surface area contributed by atoms with Crippen LogP contribution < -0.4 is 11.2 Å². The van der Waals surface area contributed by atoms with Crippen LogP contribution in [0.1, 0.15) is 5.56 Å². The lowest BCUT2D eigenvalue weighted by Crippen LogP contribution is -2.23. The fraction of sp³-hybridized carbons (Fsp3) is 0. The fourth-order valence-corrected chi connectivity index (χ4v) is 1.58. The first-order valence-electron chi connectivity index (χ1n) is 5.08. The molecule has 0 atom stereocenters. The van der Waals surface area contributed by atoms with E-state index in [0.29, 0.717) is 0 Å². The summed E-state index contributed by atoms with van der Waals surface area (Å²) >= 11 is 4.61. The van der Waals surface area contributed by atoms with E-state index in [1.54, 1.807) is 6.21 Å². The van der Waals surface area contributed by atoms with Gasteiger partial charge in [0.2, 0.25) is 0 Å². The Bertz CT molecular complexity index is 583. The molecular weight excluding hydrogens is 232 g/mol. The van der Waals surface area contributed by atoms with Crippen molar-refractivity contribution in [3.05, 3.63) is 42.1 Å². The Kier molecular flexibility index (Phi) is 3.52. The number of para-hydroxylation sites is 1. The standard InChI is InChI=1S/C12H12N4S/c13-12(17)16-15-7-3-4-9-8-14-11-6-2-1-5-10(9)11/h1-8,14H,(H3,13,16,17)/b4-3+,15-7-. The van der Waals surface area contributed by atoms with Crippen molar-refractivity contribution in [2.75, 3.05) is 0 Å². The van der Waals surface area contributed by atoms with Crippen molar-refractivity contribution in [2.45, 2.75) is 0 Å². The predicted molar refractivity (Wildman–Crippen MR) is 75.7 cm³/mol. The lowest BCUT2D eigenvalue weighted by Gasteiger charge is -1.91. The van der Waals surface area contributed by atoms with Crippen molar-refractivity contribution < 1.29 is 0 Å². The lowest BCUT2D eigenvalue weighted by atomic mass is 10.2. The van der Waals surface area contributed by atoms with Gasteiger partial charge in [-0.15, -0.1) is 0 Å². The summed E-state index contributed by atoms with van der Waals surface area (Å²) in [5, 5.41) is 5.15. The van der Waals surface area contributed by atoms with Gasteiger partial charge in [-0.25, -0.2) is 0 Å². The van der Waals surface area contributed by atoms with Gasteiger partial charge in [0.15, 0.2) is 5.11 Å². The molecule has 86 valence electrons. The normalized spacial score (nSPS) is 11.5. The van der Waals surface area contributed by atoms with Crippen molar-refractivity contribution in [1.82, 2.24) is 10.4 Å². The average molecular weight is 244 g/mol. The number of aromatic nitrogens is 1. The molecule has 2 aromatic rings. The molecule has 4 N–H and O–H groups in total. The van der Waals surface area contributed by atoms with Crippen LogP contribution in [0.5, 0.6) is 0 Å². The summed E-state index contributed by atoms with van der Waals surface area (Å²) in [5.41, 5.74) is 9.93. The highest BCUT2D eigenvalue weighted by atomic mass is 32.1. The maximum absolute atomic E-state index is 5.22. The third-order valence-corrected chi connectivity index (χ3v) is 2.32. The van der Waals surface area contributed by atoms with E-state index in [0.717, 1.165) is 11.1 Å². The van der Waals surface area contributed by atoms with Crippen molar-refractivity contribution in [2.24, 2.45) is 10.8 Å². The smallest absolute Gasteiger partial charge is 0.184 e. The second-order valence-corrected chi connectivity index (χ2v) is 3.84. The number of fused-ring (bicyclic) bond motifs is 1. The van der Waals surface area contributed by atoms with Crippen LogP contribution in [0.3, 0.4) is 0 Å². The van der Waals surface area contributed by atoms with Gasteiger partial charge in [0.1, 0.15) is 0 Å². The Morgan fingerprint density at radius 3 is 3.06 bits per heavy atom. The lowest BCUT2D eigenvalue weighted by molar-refractivity contribution is 1.04. The molecule has 5 heteroatoms. The zero-order valence-electron chi connectivity index (χ0n) is 9.05. The third kappa shape index (κ3) is 2.92. The Balaban J connectivity index is 2.11. The van der Waals surface area contributed by atoms with Gasteiger partial charge in [0, 0.05) is 23.3 Å². The number of hydrazone groups is 1. The van der Waals surface area contributed by atoms with Crippen LogP contribution in [-0.4, -0.2) is 16.3 Å². The molecule has 4 nitrogen and oxygen atoms in total. The first-order chi connectivity index (χ1) is 8.27. The van der Waals surface area contributed by atoms with Gasteiger partial charge < -0.3 is 10.7 Å². The minimum atomic E-state index is 0.154. The molecule has 0 saturated carbocycles. The number of nitrogens with one attached hydrogen (secondary N) is 2. The van der Waals surface area contributed by atoms with Crippen molar-refractivity contribution in [3.8, 4) is 0 Å². The number of benzene rings is 1. The Labute approximate surface area is 104 Å². The Morgan fingerprint density at radius 1 is 1.41 bits per heavy atom. The van der Waals surface area contributed by atoms with E-state index in [4.69, 9.17) is 5.73 Å². The summed E-state index contributed by atoms with van der Waals surface area (Å²) in [5.74, 6) is 0. The van der Waals surface area contributed by atoms with Crippen LogP contribution >= 0.6 is 12.2 Å². The molecule has 0 fully saturated rings. The van der Waals surface area contributed by atoms with Crippen molar-refractivity contribution in [1.29, 1.82) is 0 Å². The Morgan fingerprint density at radius 2 is 2.24 bits per heavy atom. The highest BCUT2D eigenvalue weighted by Crippen LogP contribution is 2.18. The molecule has 0 bridgehead atoms. The largest absolute Gasteiger partial charge is 0.375 e. The van der Waals surface area contributed by atoms with E-state index in [1.807, 2.05) is 36.5 Å². The van der Waals surface area contributed by atoms with Crippen LogP contribution in [0.2, 0.25) is 0 Å². The number of allylic oxidation sites excluding steroid dienone is 1. The molecule has 0 radical (unpaired) electrons. The Hall–Kier alpha value is -2.14. The van der Waals surface area contributed by atoms with Gasteiger partial charge in [0.05, 0.1) is 0 Å². The number of H-pyrrole nitrogens is 1. The summed E-state index contributed by atoms with van der Waals surface area (Å²) in [4.78, 5) is 3.20. The number of hydrogen-bond acceptors (Lipinski definition) is 2. The average Bonchev–Trinajstić information content (AvgIpc) is 2.72. The third-order valence-electron chi connectivity index (χ3n) is 2.23. The van der Waals surface area contributed by atoms with Crippen LogP contribution in [0.15, 0.2) is 41.6 Å². The quantitative estimate of drug-likeness (QED) is 0.439. The first-order valence-corrected chi connectivity index (χ1v) is 5.49. The van der Waals surface area contributed by atoms with Gasteiger partial charge in [0.25, 0.3) is 0 Å².